The molecule has 0 aromatic carbocycles. The number of aromatic nitrogens is 1. The summed E-state index contributed by atoms with van der Waals surface area (Å²) in [5.41, 5.74) is 0.748. The number of aliphatic carboxylic acids is 1. The Balaban J connectivity index is 2.32. The predicted octanol–water partition coefficient (Wildman–Crippen LogP) is 2.54. The highest BCUT2D eigenvalue weighted by Crippen LogP contribution is 2.34. The van der Waals surface area contributed by atoms with Crippen LogP contribution in [0.15, 0.2) is 18.3 Å². The zero-order valence-corrected chi connectivity index (χ0v) is 11.8. The third-order valence-corrected chi connectivity index (χ3v) is 3.72. The van der Waals surface area contributed by atoms with Gasteiger partial charge < -0.3 is 5.11 Å². The molecular formula is C14H15F3N2O3. The topological polar surface area (TPSA) is 70.5 Å². The molecule has 1 saturated carbocycles. The molecule has 1 aromatic rings. The van der Waals surface area contributed by atoms with Crippen molar-refractivity contribution in [3.05, 3.63) is 23.9 Å². The Kier molecular flexibility index (Phi) is 4.39. The van der Waals surface area contributed by atoms with Crippen molar-refractivity contribution in [1.29, 1.82) is 0 Å². The van der Waals surface area contributed by atoms with Crippen molar-refractivity contribution in [2.24, 2.45) is 5.92 Å². The molecule has 0 aliphatic heterocycles. The van der Waals surface area contributed by atoms with Crippen LogP contribution in [0.25, 0.3) is 0 Å². The first-order chi connectivity index (χ1) is 10.2. The van der Waals surface area contributed by atoms with Crippen LogP contribution in [0.1, 0.15) is 24.8 Å². The highest BCUT2D eigenvalue weighted by Gasteiger charge is 2.47. The molecule has 2 atom stereocenters. The average Bonchev–Trinajstić information content (AvgIpc) is 2.90. The number of rotatable bonds is 3. The first kappa shape index (κ1) is 16.3. The number of carboxylic acids is 1. The first-order valence-corrected chi connectivity index (χ1v) is 6.76. The number of carbonyl (C=O) groups excluding carboxylic acids is 1. The Hall–Kier alpha value is -2.12. The molecule has 1 heterocycles. The van der Waals surface area contributed by atoms with Crippen LogP contribution in [0.3, 0.4) is 0 Å². The van der Waals surface area contributed by atoms with Crippen molar-refractivity contribution in [1.82, 2.24) is 4.98 Å². The van der Waals surface area contributed by atoms with Gasteiger partial charge in [-0.05, 0) is 37.8 Å². The van der Waals surface area contributed by atoms with Gasteiger partial charge in [0.05, 0.1) is 5.92 Å². The quantitative estimate of drug-likeness (QED) is 0.930. The summed E-state index contributed by atoms with van der Waals surface area (Å²) < 4.78 is 38.5. The lowest BCUT2D eigenvalue weighted by Gasteiger charge is -2.28. The summed E-state index contributed by atoms with van der Waals surface area (Å²) in [5, 5.41) is 8.98. The molecule has 1 aliphatic rings. The summed E-state index contributed by atoms with van der Waals surface area (Å²) in [6.07, 6.45) is -3.22. The zero-order chi connectivity index (χ0) is 16.5. The molecule has 1 aliphatic carbocycles. The van der Waals surface area contributed by atoms with Crippen LogP contribution in [-0.2, 0) is 9.59 Å². The van der Waals surface area contributed by atoms with E-state index in [1.807, 2.05) is 0 Å². The molecule has 1 amide bonds. The van der Waals surface area contributed by atoms with Gasteiger partial charge in [0.2, 0.25) is 0 Å². The highest BCUT2D eigenvalue weighted by atomic mass is 19.4. The van der Waals surface area contributed by atoms with Crippen molar-refractivity contribution in [3.63, 3.8) is 0 Å². The minimum absolute atomic E-state index is 0.00723. The fourth-order valence-electron chi connectivity index (χ4n) is 2.61. The number of carbonyl (C=O) groups is 2. The fourth-order valence-corrected chi connectivity index (χ4v) is 2.61. The van der Waals surface area contributed by atoms with Crippen LogP contribution >= 0.6 is 0 Å². The van der Waals surface area contributed by atoms with Gasteiger partial charge >= 0.3 is 18.1 Å². The van der Waals surface area contributed by atoms with Crippen LogP contribution < -0.4 is 4.90 Å². The van der Waals surface area contributed by atoms with Crippen molar-refractivity contribution in [3.8, 4) is 0 Å². The Morgan fingerprint density at radius 2 is 2.00 bits per heavy atom. The fraction of sp³-hybridized carbons (Fsp3) is 0.500. The molecule has 0 unspecified atom stereocenters. The molecular weight excluding hydrogens is 301 g/mol. The lowest BCUT2D eigenvalue weighted by Crippen LogP contribution is -2.47. The second kappa shape index (κ2) is 5.94. The number of aryl methyl sites for hydroxylation is 1. The highest BCUT2D eigenvalue weighted by molar-refractivity contribution is 5.97. The van der Waals surface area contributed by atoms with Crippen molar-refractivity contribution in [2.75, 3.05) is 4.90 Å². The van der Waals surface area contributed by atoms with Crippen molar-refractivity contribution >= 4 is 17.7 Å². The molecule has 1 aromatic heterocycles. The number of carboxylic acid groups (broad SMARTS) is 1. The Morgan fingerprint density at radius 3 is 2.45 bits per heavy atom. The van der Waals surface area contributed by atoms with Gasteiger partial charge in [0.1, 0.15) is 5.82 Å². The number of hydrogen-bond donors (Lipinski definition) is 1. The maximum absolute atomic E-state index is 12.8. The van der Waals surface area contributed by atoms with Gasteiger partial charge in [0.15, 0.2) is 0 Å². The molecule has 2 rings (SSSR count). The predicted molar refractivity (Wildman–Crippen MR) is 71.3 cm³/mol. The minimum Gasteiger partial charge on any atom is -0.481 e. The number of hydrogen-bond acceptors (Lipinski definition) is 3. The Labute approximate surface area is 124 Å². The number of anilines is 1. The lowest BCUT2D eigenvalue weighted by molar-refractivity contribution is -0.171. The van der Waals surface area contributed by atoms with Crippen LogP contribution in [0.4, 0.5) is 19.0 Å². The maximum Gasteiger partial charge on any atom is 0.471 e. The normalized spacial score (nSPS) is 21.6. The number of nitrogens with zero attached hydrogens (tertiary/aromatic N) is 2. The van der Waals surface area contributed by atoms with Gasteiger partial charge in [-0.2, -0.15) is 13.2 Å². The maximum atomic E-state index is 12.8. The third-order valence-electron chi connectivity index (χ3n) is 3.72. The Morgan fingerprint density at radius 1 is 1.32 bits per heavy atom. The van der Waals surface area contributed by atoms with Gasteiger partial charge in [0.25, 0.3) is 0 Å². The molecule has 120 valence electrons. The largest absolute Gasteiger partial charge is 0.481 e. The smallest absolute Gasteiger partial charge is 0.471 e. The van der Waals surface area contributed by atoms with E-state index in [4.69, 9.17) is 5.11 Å². The van der Waals surface area contributed by atoms with E-state index in [1.165, 1.54) is 12.3 Å². The van der Waals surface area contributed by atoms with E-state index in [0.29, 0.717) is 4.90 Å². The third kappa shape index (κ3) is 3.37. The van der Waals surface area contributed by atoms with Gasteiger partial charge in [0, 0.05) is 12.2 Å². The molecule has 0 saturated heterocycles. The van der Waals surface area contributed by atoms with Gasteiger partial charge in [-0.15, -0.1) is 0 Å². The molecule has 1 N–H and O–H groups in total. The summed E-state index contributed by atoms with van der Waals surface area (Å²) in [6.45, 7) is 1.72. The van der Waals surface area contributed by atoms with E-state index < -0.39 is 30.0 Å². The van der Waals surface area contributed by atoms with Gasteiger partial charge in [-0.25, -0.2) is 4.98 Å². The van der Waals surface area contributed by atoms with Crippen molar-refractivity contribution < 1.29 is 27.9 Å². The van der Waals surface area contributed by atoms with Gasteiger partial charge in [-0.1, -0.05) is 6.07 Å². The van der Waals surface area contributed by atoms with E-state index in [1.54, 1.807) is 13.0 Å². The molecule has 5 nitrogen and oxygen atoms in total. The summed E-state index contributed by atoms with van der Waals surface area (Å²) in [6, 6.07) is 2.08. The van der Waals surface area contributed by atoms with Gasteiger partial charge in [-0.3, -0.25) is 14.5 Å². The molecule has 1 fully saturated rings. The standard InChI is InChI=1S/C14H15F3N2O3/c1-8-2-5-11(18-7-8)19(13(22)14(15,16)17)10-4-3-9(6-10)12(20)21/h2,5,7,9-10H,3-4,6H2,1H3,(H,20,21)/t9-,10+/m1/s1. The Bertz CT molecular complexity index is 572. The van der Waals surface area contributed by atoms with Crippen LogP contribution in [0, 0.1) is 12.8 Å². The lowest BCUT2D eigenvalue weighted by atomic mass is 10.1. The van der Waals surface area contributed by atoms with Crippen LogP contribution in [0.2, 0.25) is 0 Å². The van der Waals surface area contributed by atoms with E-state index in [-0.39, 0.29) is 25.1 Å². The second-order valence-corrected chi connectivity index (χ2v) is 5.37. The number of pyridine rings is 1. The number of halogens is 3. The number of amides is 1. The van der Waals surface area contributed by atoms with Crippen LogP contribution in [0.5, 0.6) is 0 Å². The zero-order valence-electron chi connectivity index (χ0n) is 11.8. The monoisotopic (exact) mass is 316 g/mol. The van der Waals surface area contributed by atoms with Crippen molar-refractivity contribution in [2.45, 2.75) is 38.4 Å². The molecule has 8 heteroatoms. The number of alkyl halides is 3. The molecule has 22 heavy (non-hydrogen) atoms. The molecule has 0 bridgehead atoms. The SMILES string of the molecule is Cc1ccc(N(C(=O)C(F)(F)F)[C@H]2CC[C@@H](C(=O)O)C2)nc1. The van der Waals surface area contributed by atoms with Crippen LogP contribution in [-0.4, -0.2) is 34.2 Å². The summed E-state index contributed by atoms with van der Waals surface area (Å²) in [4.78, 5) is 27.2. The second-order valence-electron chi connectivity index (χ2n) is 5.37. The summed E-state index contributed by atoms with van der Waals surface area (Å²) in [7, 11) is 0. The van der Waals surface area contributed by atoms with E-state index >= 15 is 0 Å². The average molecular weight is 316 g/mol. The summed E-state index contributed by atoms with van der Waals surface area (Å²) in [5.74, 6) is -3.92. The minimum atomic E-state index is -5.03. The summed E-state index contributed by atoms with van der Waals surface area (Å²) >= 11 is 0. The first-order valence-electron chi connectivity index (χ1n) is 6.76. The van der Waals surface area contributed by atoms with E-state index in [0.717, 1.165) is 5.56 Å². The molecule has 0 radical (unpaired) electrons. The van der Waals surface area contributed by atoms with E-state index in [9.17, 15) is 22.8 Å². The van der Waals surface area contributed by atoms with E-state index in [2.05, 4.69) is 4.98 Å². The molecule has 0 spiro atoms.